The average molecular weight is 265 g/mol. The lowest BCUT2D eigenvalue weighted by Crippen LogP contribution is -2.45. The first-order chi connectivity index (χ1) is 9.22. The molecule has 4 nitrogen and oxygen atoms in total. The Labute approximate surface area is 115 Å². The van der Waals surface area contributed by atoms with Gasteiger partial charge in [-0.05, 0) is 50.6 Å². The van der Waals surface area contributed by atoms with E-state index >= 15 is 0 Å². The molecule has 1 heterocycles. The van der Waals surface area contributed by atoms with E-state index in [-0.39, 0.29) is 5.60 Å². The van der Waals surface area contributed by atoms with Gasteiger partial charge in [0.25, 0.3) is 0 Å². The van der Waals surface area contributed by atoms with Crippen LogP contribution < -0.4 is 14.8 Å². The number of hydrogen-bond donors (Lipinski definition) is 1. The summed E-state index contributed by atoms with van der Waals surface area (Å²) < 4.78 is 16.7. The van der Waals surface area contributed by atoms with E-state index in [1.54, 1.807) is 7.11 Å². The van der Waals surface area contributed by atoms with Gasteiger partial charge in [-0.2, -0.15) is 0 Å². The van der Waals surface area contributed by atoms with Crippen LogP contribution in [0, 0.1) is 0 Å². The van der Waals surface area contributed by atoms with Crippen molar-refractivity contribution in [2.45, 2.75) is 25.4 Å². The van der Waals surface area contributed by atoms with Crippen molar-refractivity contribution < 1.29 is 14.2 Å². The zero-order valence-corrected chi connectivity index (χ0v) is 11.8. The van der Waals surface area contributed by atoms with E-state index in [0.717, 1.165) is 31.0 Å². The summed E-state index contributed by atoms with van der Waals surface area (Å²) in [5.41, 5.74) is -0.0402. The predicted octanol–water partition coefficient (Wildman–Crippen LogP) is 2.23. The lowest BCUT2D eigenvalue weighted by atomic mass is 9.96. The molecule has 1 aliphatic rings. The molecule has 0 saturated carbocycles. The van der Waals surface area contributed by atoms with Gasteiger partial charge in [0.1, 0.15) is 18.1 Å². The van der Waals surface area contributed by atoms with E-state index in [2.05, 4.69) is 12.2 Å². The van der Waals surface area contributed by atoms with Gasteiger partial charge >= 0.3 is 0 Å². The number of ether oxygens (including phenoxy) is 3. The SMILES string of the molecule is COc1ccc(OCCOC2(C)CCCNC2)cc1. The summed E-state index contributed by atoms with van der Waals surface area (Å²) in [5.74, 6) is 1.68. The second-order valence-electron chi connectivity index (χ2n) is 5.10. The van der Waals surface area contributed by atoms with Crippen molar-refractivity contribution >= 4 is 0 Å². The lowest BCUT2D eigenvalue weighted by Gasteiger charge is -2.34. The Morgan fingerprint density at radius 3 is 2.53 bits per heavy atom. The molecule has 1 aromatic rings. The average Bonchev–Trinajstić information content (AvgIpc) is 2.45. The normalized spacial score (nSPS) is 23.1. The van der Waals surface area contributed by atoms with Gasteiger partial charge in [-0.25, -0.2) is 0 Å². The predicted molar refractivity (Wildman–Crippen MR) is 74.9 cm³/mol. The van der Waals surface area contributed by atoms with Crippen molar-refractivity contribution in [2.24, 2.45) is 0 Å². The molecule has 1 unspecified atom stereocenters. The van der Waals surface area contributed by atoms with E-state index in [1.165, 1.54) is 6.42 Å². The molecule has 0 aromatic heterocycles. The quantitative estimate of drug-likeness (QED) is 0.801. The first-order valence-electron chi connectivity index (χ1n) is 6.83. The molecule has 0 amide bonds. The van der Waals surface area contributed by atoms with Crippen LogP contribution in [0.3, 0.4) is 0 Å². The molecule has 1 aromatic carbocycles. The molecule has 1 saturated heterocycles. The smallest absolute Gasteiger partial charge is 0.119 e. The summed E-state index contributed by atoms with van der Waals surface area (Å²) in [5, 5.41) is 3.37. The maximum absolute atomic E-state index is 5.92. The molecule has 2 rings (SSSR count). The zero-order valence-electron chi connectivity index (χ0n) is 11.8. The molecule has 19 heavy (non-hydrogen) atoms. The Bertz CT molecular complexity index is 371. The highest BCUT2D eigenvalue weighted by atomic mass is 16.5. The number of rotatable bonds is 6. The molecule has 0 bridgehead atoms. The summed E-state index contributed by atoms with van der Waals surface area (Å²) in [6.45, 7) is 5.37. The van der Waals surface area contributed by atoms with E-state index in [1.807, 2.05) is 24.3 Å². The highest BCUT2D eigenvalue weighted by Gasteiger charge is 2.26. The molecule has 0 radical (unpaired) electrons. The molecule has 0 spiro atoms. The van der Waals surface area contributed by atoms with Gasteiger partial charge in [-0.1, -0.05) is 0 Å². The highest BCUT2D eigenvalue weighted by Crippen LogP contribution is 2.20. The van der Waals surface area contributed by atoms with Crippen molar-refractivity contribution in [3.05, 3.63) is 24.3 Å². The molecule has 1 fully saturated rings. The van der Waals surface area contributed by atoms with Gasteiger partial charge in [0.05, 0.1) is 19.3 Å². The molecule has 106 valence electrons. The lowest BCUT2D eigenvalue weighted by molar-refractivity contribution is -0.0557. The molecule has 4 heteroatoms. The minimum atomic E-state index is -0.0402. The van der Waals surface area contributed by atoms with Gasteiger partial charge in [-0.3, -0.25) is 0 Å². The van der Waals surface area contributed by atoms with Crippen LogP contribution in [0.15, 0.2) is 24.3 Å². The van der Waals surface area contributed by atoms with Gasteiger partial charge < -0.3 is 19.5 Å². The third kappa shape index (κ3) is 4.40. The van der Waals surface area contributed by atoms with Crippen LogP contribution in [-0.2, 0) is 4.74 Å². The third-order valence-corrected chi connectivity index (χ3v) is 3.42. The van der Waals surface area contributed by atoms with Gasteiger partial charge in [0.2, 0.25) is 0 Å². The van der Waals surface area contributed by atoms with Crippen molar-refractivity contribution in [3.8, 4) is 11.5 Å². The Kier molecular flexibility index (Phi) is 5.05. The number of methoxy groups -OCH3 is 1. The fraction of sp³-hybridized carbons (Fsp3) is 0.600. The van der Waals surface area contributed by atoms with E-state index in [0.29, 0.717) is 13.2 Å². The molecule has 1 aliphatic heterocycles. The molecule has 0 aliphatic carbocycles. The Balaban J connectivity index is 1.68. The van der Waals surface area contributed by atoms with Crippen molar-refractivity contribution in [2.75, 3.05) is 33.4 Å². The first kappa shape index (κ1) is 14.2. The molecule has 1 atom stereocenters. The Morgan fingerprint density at radius 1 is 1.16 bits per heavy atom. The fourth-order valence-corrected chi connectivity index (χ4v) is 2.27. The first-order valence-corrected chi connectivity index (χ1v) is 6.83. The summed E-state index contributed by atoms with van der Waals surface area (Å²) in [6.07, 6.45) is 2.29. The summed E-state index contributed by atoms with van der Waals surface area (Å²) >= 11 is 0. The largest absolute Gasteiger partial charge is 0.497 e. The Hall–Kier alpha value is -1.26. The number of piperidine rings is 1. The Morgan fingerprint density at radius 2 is 1.89 bits per heavy atom. The number of hydrogen-bond acceptors (Lipinski definition) is 4. The van der Waals surface area contributed by atoms with E-state index in [9.17, 15) is 0 Å². The zero-order chi connectivity index (χ0) is 13.6. The standard InChI is InChI=1S/C15H23NO3/c1-15(8-3-9-16-12-15)19-11-10-18-14-6-4-13(17-2)5-7-14/h4-7,16H,3,8-12H2,1-2H3. The summed E-state index contributed by atoms with van der Waals surface area (Å²) in [4.78, 5) is 0. The van der Waals surface area contributed by atoms with E-state index < -0.39 is 0 Å². The second kappa shape index (κ2) is 6.78. The minimum Gasteiger partial charge on any atom is -0.497 e. The van der Waals surface area contributed by atoms with Crippen LogP contribution in [0.1, 0.15) is 19.8 Å². The van der Waals surface area contributed by atoms with Crippen LogP contribution in [0.25, 0.3) is 0 Å². The van der Waals surface area contributed by atoms with Crippen molar-refractivity contribution in [1.82, 2.24) is 5.32 Å². The number of benzene rings is 1. The van der Waals surface area contributed by atoms with E-state index in [4.69, 9.17) is 14.2 Å². The van der Waals surface area contributed by atoms with Gasteiger partial charge in [0, 0.05) is 6.54 Å². The molecule has 1 N–H and O–H groups in total. The second-order valence-corrected chi connectivity index (χ2v) is 5.10. The van der Waals surface area contributed by atoms with Gasteiger partial charge in [0.15, 0.2) is 0 Å². The van der Waals surface area contributed by atoms with Crippen LogP contribution in [0.4, 0.5) is 0 Å². The van der Waals surface area contributed by atoms with Crippen LogP contribution >= 0.6 is 0 Å². The van der Waals surface area contributed by atoms with Gasteiger partial charge in [-0.15, -0.1) is 0 Å². The maximum atomic E-state index is 5.92. The summed E-state index contributed by atoms with van der Waals surface area (Å²) in [7, 11) is 1.66. The van der Waals surface area contributed by atoms with Crippen molar-refractivity contribution in [3.63, 3.8) is 0 Å². The van der Waals surface area contributed by atoms with Crippen LogP contribution in [0.2, 0.25) is 0 Å². The monoisotopic (exact) mass is 265 g/mol. The van der Waals surface area contributed by atoms with Crippen LogP contribution in [-0.4, -0.2) is 39.0 Å². The maximum Gasteiger partial charge on any atom is 0.119 e. The van der Waals surface area contributed by atoms with Crippen molar-refractivity contribution in [1.29, 1.82) is 0 Å². The topological polar surface area (TPSA) is 39.7 Å². The summed E-state index contributed by atoms with van der Waals surface area (Å²) in [6, 6.07) is 7.59. The fourth-order valence-electron chi connectivity index (χ4n) is 2.27. The number of nitrogens with one attached hydrogen (secondary N) is 1. The van der Waals surface area contributed by atoms with Crippen LogP contribution in [0.5, 0.6) is 11.5 Å². The molecular weight excluding hydrogens is 242 g/mol. The molecular formula is C15H23NO3. The highest BCUT2D eigenvalue weighted by molar-refractivity contribution is 5.31. The third-order valence-electron chi connectivity index (χ3n) is 3.42. The minimum absolute atomic E-state index is 0.0402.